The summed E-state index contributed by atoms with van der Waals surface area (Å²) in [5.41, 5.74) is 0.279. The molecule has 0 radical (unpaired) electrons. The SMILES string of the molecule is O=C1C2CN(Cc3ccc(Cl)s3)CCN2C(=O)N1c1cccc(F)c1. The van der Waals surface area contributed by atoms with Crippen molar-refractivity contribution in [1.82, 2.24) is 9.80 Å². The van der Waals surface area contributed by atoms with Gasteiger partial charge in [-0.05, 0) is 30.3 Å². The number of imide groups is 1. The minimum atomic E-state index is -0.528. The summed E-state index contributed by atoms with van der Waals surface area (Å²) >= 11 is 7.48. The van der Waals surface area contributed by atoms with Crippen LogP contribution in [0.1, 0.15) is 4.88 Å². The first-order chi connectivity index (χ1) is 12.0. The number of piperazine rings is 1. The Bertz CT molecular complexity index is 843. The maximum Gasteiger partial charge on any atom is 0.332 e. The molecule has 25 heavy (non-hydrogen) atoms. The number of hydrogen-bond donors (Lipinski definition) is 0. The van der Waals surface area contributed by atoms with Crippen molar-refractivity contribution in [2.24, 2.45) is 0 Å². The highest BCUT2D eigenvalue weighted by atomic mass is 35.5. The molecular weight excluding hydrogens is 365 g/mol. The van der Waals surface area contributed by atoms with E-state index in [0.29, 0.717) is 26.2 Å². The maximum absolute atomic E-state index is 13.5. The molecule has 1 aromatic carbocycles. The van der Waals surface area contributed by atoms with Gasteiger partial charge in [-0.15, -0.1) is 11.3 Å². The fourth-order valence-corrected chi connectivity index (χ4v) is 4.44. The number of anilines is 1. The van der Waals surface area contributed by atoms with E-state index >= 15 is 0 Å². The summed E-state index contributed by atoms with van der Waals surface area (Å²) in [6, 6.07) is 8.49. The molecule has 1 atom stereocenters. The third kappa shape index (κ3) is 3.03. The molecule has 130 valence electrons. The van der Waals surface area contributed by atoms with Gasteiger partial charge >= 0.3 is 6.03 Å². The van der Waals surface area contributed by atoms with Crippen molar-refractivity contribution in [2.75, 3.05) is 24.5 Å². The van der Waals surface area contributed by atoms with Crippen LogP contribution in [0.15, 0.2) is 36.4 Å². The van der Waals surface area contributed by atoms with Gasteiger partial charge in [-0.1, -0.05) is 17.7 Å². The van der Waals surface area contributed by atoms with Gasteiger partial charge in [0.2, 0.25) is 0 Å². The van der Waals surface area contributed by atoms with Crippen molar-refractivity contribution in [3.63, 3.8) is 0 Å². The van der Waals surface area contributed by atoms with Crippen LogP contribution in [0.4, 0.5) is 14.9 Å². The standard InChI is InChI=1S/C17H15ClFN3O2S/c18-15-5-4-13(25-15)9-20-6-7-21-14(10-20)16(23)22(17(21)24)12-3-1-2-11(19)8-12/h1-5,8,14H,6-7,9-10H2. The molecule has 8 heteroatoms. The number of amides is 3. The van der Waals surface area contributed by atoms with E-state index in [9.17, 15) is 14.0 Å². The van der Waals surface area contributed by atoms with Gasteiger partial charge in [-0.25, -0.2) is 14.1 Å². The minimum Gasteiger partial charge on any atom is -0.309 e. The summed E-state index contributed by atoms with van der Waals surface area (Å²) in [6.45, 7) is 2.32. The third-order valence-corrected chi connectivity index (χ3v) is 5.70. The molecule has 2 saturated heterocycles. The molecule has 0 saturated carbocycles. The van der Waals surface area contributed by atoms with Crippen molar-refractivity contribution in [2.45, 2.75) is 12.6 Å². The molecule has 0 aliphatic carbocycles. The van der Waals surface area contributed by atoms with Crippen LogP contribution >= 0.6 is 22.9 Å². The van der Waals surface area contributed by atoms with Crippen LogP contribution < -0.4 is 4.90 Å². The maximum atomic E-state index is 13.5. The number of nitrogens with zero attached hydrogens (tertiary/aromatic N) is 3. The monoisotopic (exact) mass is 379 g/mol. The Morgan fingerprint density at radius 3 is 2.76 bits per heavy atom. The Balaban J connectivity index is 1.53. The second-order valence-corrected chi connectivity index (χ2v) is 7.89. The van der Waals surface area contributed by atoms with Crippen molar-refractivity contribution >= 4 is 40.6 Å². The number of hydrogen-bond acceptors (Lipinski definition) is 4. The zero-order valence-electron chi connectivity index (χ0n) is 13.2. The van der Waals surface area contributed by atoms with E-state index in [1.54, 1.807) is 11.0 Å². The van der Waals surface area contributed by atoms with Crippen molar-refractivity contribution in [1.29, 1.82) is 0 Å². The Morgan fingerprint density at radius 1 is 1.20 bits per heavy atom. The predicted molar refractivity (Wildman–Crippen MR) is 94.4 cm³/mol. The first-order valence-corrected chi connectivity index (χ1v) is 9.09. The average Bonchev–Trinajstić information content (AvgIpc) is 3.09. The third-order valence-electron chi connectivity index (χ3n) is 4.48. The number of thiophene rings is 1. The topological polar surface area (TPSA) is 43.9 Å². The summed E-state index contributed by atoms with van der Waals surface area (Å²) in [7, 11) is 0. The first-order valence-electron chi connectivity index (χ1n) is 7.89. The van der Waals surface area contributed by atoms with E-state index in [0.717, 1.165) is 14.1 Å². The number of rotatable bonds is 3. The Labute approximate surface area is 153 Å². The normalized spacial score (nSPS) is 21.1. The number of halogens is 2. The van der Waals surface area contributed by atoms with Crippen LogP contribution in [0.2, 0.25) is 4.34 Å². The molecule has 1 aromatic heterocycles. The van der Waals surface area contributed by atoms with Gasteiger partial charge in [0.25, 0.3) is 5.91 Å². The second-order valence-electron chi connectivity index (χ2n) is 6.09. The van der Waals surface area contributed by atoms with E-state index in [-0.39, 0.29) is 17.6 Å². The molecule has 3 heterocycles. The highest BCUT2D eigenvalue weighted by molar-refractivity contribution is 7.16. The molecule has 2 aliphatic rings. The molecule has 2 aromatic rings. The lowest BCUT2D eigenvalue weighted by molar-refractivity contribution is -0.121. The molecule has 0 N–H and O–H groups in total. The molecule has 1 unspecified atom stereocenters. The largest absolute Gasteiger partial charge is 0.332 e. The van der Waals surface area contributed by atoms with Gasteiger partial charge in [0.15, 0.2) is 0 Å². The smallest absolute Gasteiger partial charge is 0.309 e. The van der Waals surface area contributed by atoms with E-state index in [2.05, 4.69) is 4.90 Å². The number of fused-ring (bicyclic) bond motifs is 1. The van der Waals surface area contributed by atoms with Gasteiger partial charge in [0.1, 0.15) is 11.9 Å². The fourth-order valence-electron chi connectivity index (χ4n) is 3.31. The van der Waals surface area contributed by atoms with Gasteiger partial charge in [0, 0.05) is 31.1 Å². The predicted octanol–water partition coefficient (Wildman–Crippen LogP) is 3.19. The van der Waals surface area contributed by atoms with E-state index < -0.39 is 11.9 Å². The minimum absolute atomic E-state index is 0.279. The van der Waals surface area contributed by atoms with Crippen molar-refractivity contribution in [3.8, 4) is 0 Å². The zero-order valence-corrected chi connectivity index (χ0v) is 14.8. The Morgan fingerprint density at radius 2 is 2.04 bits per heavy atom. The van der Waals surface area contributed by atoms with E-state index in [1.165, 1.54) is 29.5 Å². The fraction of sp³-hybridized carbons (Fsp3) is 0.294. The summed E-state index contributed by atoms with van der Waals surface area (Å²) in [4.78, 5) is 31.3. The number of carbonyl (C=O) groups is 2. The lowest BCUT2D eigenvalue weighted by atomic mass is 10.2. The first kappa shape index (κ1) is 16.5. The lowest BCUT2D eigenvalue weighted by Crippen LogP contribution is -2.52. The molecule has 2 aliphatic heterocycles. The second kappa shape index (κ2) is 6.40. The summed E-state index contributed by atoms with van der Waals surface area (Å²) in [5, 5.41) is 0. The lowest BCUT2D eigenvalue weighted by Gasteiger charge is -2.34. The summed E-state index contributed by atoms with van der Waals surface area (Å²) in [5.74, 6) is -0.774. The van der Waals surface area contributed by atoms with Crippen molar-refractivity contribution in [3.05, 3.63) is 51.4 Å². The highest BCUT2D eigenvalue weighted by Gasteiger charge is 2.48. The van der Waals surface area contributed by atoms with Gasteiger partial charge in [-0.3, -0.25) is 9.69 Å². The molecule has 0 spiro atoms. The summed E-state index contributed by atoms with van der Waals surface area (Å²) < 4.78 is 14.2. The average molecular weight is 380 g/mol. The van der Waals surface area contributed by atoms with Crippen LogP contribution in [0.3, 0.4) is 0 Å². The molecule has 5 nitrogen and oxygen atoms in total. The van der Waals surface area contributed by atoms with Crippen LogP contribution in [0.25, 0.3) is 0 Å². The molecule has 0 bridgehead atoms. The highest BCUT2D eigenvalue weighted by Crippen LogP contribution is 2.29. The van der Waals surface area contributed by atoms with Gasteiger partial charge in [-0.2, -0.15) is 0 Å². The Hall–Kier alpha value is -1.96. The van der Waals surface area contributed by atoms with Crippen molar-refractivity contribution < 1.29 is 14.0 Å². The summed E-state index contributed by atoms with van der Waals surface area (Å²) in [6.07, 6.45) is 0. The van der Waals surface area contributed by atoms with Crippen LogP contribution in [-0.2, 0) is 11.3 Å². The number of carbonyl (C=O) groups excluding carboxylic acids is 2. The van der Waals surface area contributed by atoms with Crippen LogP contribution in [0.5, 0.6) is 0 Å². The van der Waals surface area contributed by atoms with Crippen LogP contribution in [0, 0.1) is 5.82 Å². The van der Waals surface area contributed by atoms with Gasteiger partial charge < -0.3 is 4.90 Å². The quantitative estimate of drug-likeness (QED) is 0.769. The number of benzene rings is 1. The van der Waals surface area contributed by atoms with Gasteiger partial charge in [0.05, 0.1) is 10.0 Å². The molecular formula is C17H15ClFN3O2S. The van der Waals surface area contributed by atoms with E-state index in [4.69, 9.17) is 11.6 Å². The Kier molecular flexibility index (Phi) is 4.23. The van der Waals surface area contributed by atoms with Crippen LogP contribution in [-0.4, -0.2) is 47.4 Å². The molecule has 2 fully saturated rings. The number of urea groups is 1. The van der Waals surface area contributed by atoms with E-state index in [1.807, 2.05) is 12.1 Å². The molecule has 3 amide bonds. The zero-order chi connectivity index (χ0) is 17.6. The molecule has 4 rings (SSSR count).